The van der Waals surface area contributed by atoms with Crippen molar-refractivity contribution in [2.24, 2.45) is 0 Å². The number of rotatable bonds is 4. The van der Waals surface area contributed by atoms with Gasteiger partial charge in [0.25, 0.3) is 0 Å². The lowest BCUT2D eigenvalue weighted by Crippen LogP contribution is -2.20. The number of nitrogens with one attached hydrogen (secondary N) is 1. The Bertz CT molecular complexity index is 1070. The van der Waals surface area contributed by atoms with Gasteiger partial charge in [0, 0.05) is 16.6 Å². The monoisotopic (exact) mass is 347 g/mol. The van der Waals surface area contributed by atoms with Gasteiger partial charge in [0.05, 0.1) is 0 Å². The smallest absolute Gasteiger partial charge is 0.248 e. The summed E-state index contributed by atoms with van der Waals surface area (Å²) in [6.45, 7) is -0.0720. The number of tetrazole rings is 1. The molecule has 0 bridgehead atoms. The van der Waals surface area contributed by atoms with E-state index in [1.807, 2.05) is 42.5 Å². The first kappa shape index (κ1) is 15.9. The Morgan fingerprint density at radius 1 is 1.00 bits per heavy atom. The van der Waals surface area contributed by atoms with Crippen molar-refractivity contribution >= 4 is 22.4 Å². The third-order valence-corrected chi connectivity index (χ3v) is 3.90. The van der Waals surface area contributed by atoms with Crippen LogP contribution in [0, 0.1) is 5.82 Å². The standard InChI is InChI=1S/C19H14FN5O/c20-15-10-8-14(9-11-15)19-22-24-25(23-19)12-18(26)21-17-7-3-5-13-4-1-2-6-16(13)17/h1-11H,12H2,(H,21,26). The summed E-state index contributed by atoms with van der Waals surface area (Å²) in [6, 6.07) is 19.3. The third-order valence-electron chi connectivity index (χ3n) is 3.90. The minimum Gasteiger partial charge on any atom is -0.324 e. The van der Waals surface area contributed by atoms with E-state index in [-0.39, 0.29) is 18.3 Å². The van der Waals surface area contributed by atoms with Crippen LogP contribution in [-0.2, 0) is 11.3 Å². The molecule has 1 N–H and O–H groups in total. The van der Waals surface area contributed by atoms with Crippen LogP contribution in [0.2, 0.25) is 0 Å². The van der Waals surface area contributed by atoms with Crippen LogP contribution >= 0.6 is 0 Å². The summed E-state index contributed by atoms with van der Waals surface area (Å²) >= 11 is 0. The van der Waals surface area contributed by atoms with Crippen molar-refractivity contribution in [2.45, 2.75) is 6.54 Å². The number of aromatic nitrogens is 4. The molecular formula is C19H14FN5O. The van der Waals surface area contributed by atoms with E-state index in [9.17, 15) is 9.18 Å². The van der Waals surface area contributed by atoms with E-state index in [0.717, 1.165) is 16.5 Å². The summed E-state index contributed by atoms with van der Waals surface area (Å²) in [7, 11) is 0. The number of carbonyl (C=O) groups is 1. The zero-order chi connectivity index (χ0) is 17.9. The molecule has 0 spiro atoms. The predicted octanol–water partition coefficient (Wildman–Crippen LogP) is 3.27. The summed E-state index contributed by atoms with van der Waals surface area (Å²) in [4.78, 5) is 13.5. The minimum absolute atomic E-state index is 0.0720. The molecule has 1 aromatic heterocycles. The highest BCUT2D eigenvalue weighted by Crippen LogP contribution is 2.22. The number of hydrogen-bond acceptors (Lipinski definition) is 4. The quantitative estimate of drug-likeness (QED) is 0.615. The molecular weight excluding hydrogens is 333 g/mol. The molecule has 4 rings (SSSR count). The van der Waals surface area contributed by atoms with Gasteiger partial charge in [0.2, 0.25) is 11.7 Å². The van der Waals surface area contributed by atoms with Crippen LogP contribution < -0.4 is 5.32 Å². The molecule has 128 valence electrons. The first-order valence-electron chi connectivity index (χ1n) is 8.00. The molecule has 26 heavy (non-hydrogen) atoms. The summed E-state index contributed by atoms with van der Waals surface area (Å²) in [5, 5.41) is 16.8. The van der Waals surface area contributed by atoms with Gasteiger partial charge in [-0.05, 0) is 40.9 Å². The summed E-state index contributed by atoms with van der Waals surface area (Å²) in [6.07, 6.45) is 0. The number of nitrogens with zero attached hydrogens (tertiary/aromatic N) is 4. The number of halogens is 1. The van der Waals surface area contributed by atoms with Gasteiger partial charge in [-0.2, -0.15) is 4.80 Å². The maximum Gasteiger partial charge on any atom is 0.248 e. The van der Waals surface area contributed by atoms with E-state index < -0.39 is 0 Å². The van der Waals surface area contributed by atoms with Crippen LogP contribution in [0.1, 0.15) is 0 Å². The van der Waals surface area contributed by atoms with Crippen molar-refractivity contribution in [2.75, 3.05) is 5.32 Å². The van der Waals surface area contributed by atoms with E-state index in [1.54, 1.807) is 12.1 Å². The van der Waals surface area contributed by atoms with Crippen LogP contribution in [0.5, 0.6) is 0 Å². The highest BCUT2D eigenvalue weighted by molar-refractivity contribution is 6.01. The lowest BCUT2D eigenvalue weighted by atomic mass is 10.1. The molecule has 0 aliphatic heterocycles. The second-order valence-corrected chi connectivity index (χ2v) is 5.73. The van der Waals surface area contributed by atoms with Crippen LogP contribution in [0.15, 0.2) is 66.7 Å². The molecule has 0 saturated heterocycles. The van der Waals surface area contributed by atoms with Crippen molar-refractivity contribution in [1.29, 1.82) is 0 Å². The van der Waals surface area contributed by atoms with Crippen molar-refractivity contribution in [3.63, 3.8) is 0 Å². The summed E-state index contributed by atoms with van der Waals surface area (Å²) in [5.41, 5.74) is 1.36. The fraction of sp³-hybridized carbons (Fsp3) is 0.0526. The second-order valence-electron chi connectivity index (χ2n) is 5.73. The van der Waals surface area contributed by atoms with Crippen LogP contribution in [0.25, 0.3) is 22.2 Å². The molecule has 0 unspecified atom stereocenters. The molecule has 0 saturated carbocycles. The Balaban J connectivity index is 1.49. The van der Waals surface area contributed by atoms with E-state index in [2.05, 4.69) is 20.7 Å². The zero-order valence-electron chi connectivity index (χ0n) is 13.6. The van der Waals surface area contributed by atoms with Crippen LogP contribution in [0.4, 0.5) is 10.1 Å². The SMILES string of the molecule is O=C(Cn1nnc(-c2ccc(F)cc2)n1)Nc1cccc2ccccc12. The Morgan fingerprint density at radius 2 is 1.77 bits per heavy atom. The van der Waals surface area contributed by atoms with Crippen molar-refractivity contribution in [3.05, 3.63) is 72.5 Å². The highest BCUT2D eigenvalue weighted by atomic mass is 19.1. The number of hydrogen-bond donors (Lipinski definition) is 1. The highest BCUT2D eigenvalue weighted by Gasteiger charge is 2.11. The van der Waals surface area contributed by atoms with Gasteiger partial charge >= 0.3 is 0 Å². The molecule has 0 fully saturated rings. The number of carbonyl (C=O) groups excluding carboxylic acids is 1. The van der Waals surface area contributed by atoms with E-state index in [1.165, 1.54) is 16.9 Å². The van der Waals surface area contributed by atoms with Gasteiger partial charge in [-0.15, -0.1) is 10.2 Å². The van der Waals surface area contributed by atoms with E-state index in [4.69, 9.17) is 0 Å². The molecule has 7 heteroatoms. The molecule has 0 atom stereocenters. The Labute approximate surface area is 148 Å². The average Bonchev–Trinajstić information content (AvgIpc) is 3.11. The number of fused-ring (bicyclic) bond motifs is 1. The van der Waals surface area contributed by atoms with Gasteiger partial charge in [-0.3, -0.25) is 4.79 Å². The van der Waals surface area contributed by atoms with E-state index >= 15 is 0 Å². The first-order chi connectivity index (χ1) is 12.7. The topological polar surface area (TPSA) is 72.7 Å². The Hall–Kier alpha value is -3.61. The summed E-state index contributed by atoms with van der Waals surface area (Å²) < 4.78 is 13.0. The maximum atomic E-state index is 13.0. The fourth-order valence-corrected chi connectivity index (χ4v) is 2.68. The molecule has 3 aromatic carbocycles. The molecule has 0 radical (unpaired) electrons. The average molecular weight is 347 g/mol. The third kappa shape index (κ3) is 3.27. The molecule has 0 aliphatic carbocycles. The van der Waals surface area contributed by atoms with Gasteiger partial charge < -0.3 is 5.32 Å². The first-order valence-corrected chi connectivity index (χ1v) is 8.00. The Morgan fingerprint density at radius 3 is 2.62 bits per heavy atom. The van der Waals surface area contributed by atoms with E-state index in [0.29, 0.717) is 11.4 Å². The molecule has 6 nitrogen and oxygen atoms in total. The van der Waals surface area contributed by atoms with Gasteiger partial charge in [-0.1, -0.05) is 36.4 Å². The second kappa shape index (κ2) is 6.72. The van der Waals surface area contributed by atoms with Gasteiger partial charge in [0.15, 0.2) is 0 Å². The lowest BCUT2D eigenvalue weighted by molar-refractivity contribution is -0.117. The van der Waals surface area contributed by atoms with Crippen LogP contribution in [0.3, 0.4) is 0 Å². The molecule has 1 heterocycles. The number of anilines is 1. The lowest BCUT2D eigenvalue weighted by Gasteiger charge is -2.08. The molecule has 4 aromatic rings. The fourth-order valence-electron chi connectivity index (χ4n) is 2.68. The summed E-state index contributed by atoms with van der Waals surface area (Å²) in [5.74, 6) is -0.261. The maximum absolute atomic E-state index is 13.0. The van der Waals surface area contributed by atoms with Crippen molar-refractivity contribution in [3.8, 4) is 11.4 Å². The molecule has 1 amide bonds. The number of amides is 1. The number of benzene rings is 3. The predicted molar refractivity (Wildman–Crippen MR) is 95.8 cm³/mol. The largest absolute Gasteiger partial charge is 0.324 e. The normalized spacial score (nSPS) is 10.8. The van der Waals surface area contributed by atoms with Gasteiger partial charge in [0.1, 0.15) is 12.4 Å². The van der Waals surface area contributed by atoms with Crippen LogP contribution in [-0.4, -0.2) is 26.1 Å². The Kier molecular flexibility index (Phi) is 4.10. The van der Waals surface area contributed by atoms with Gasteiger partial charge in [-0.25, -0.2) is 4.39 Å². The van der Waals surface area contributed by atoms with Crippen molar-refractivity contribution in [1.82, 2.24) is 20.2 Å². The minimum atomic E-state index is -0.337. The zero-order valence-corrected chi connectivity index (χ0v) is 13.6. The molecule has 0 aliphatic rings. The van der Waals surface area contributed by atoms with Crippen molar-refractivity contribution < 1.29 is 9.18 Å².